The number of aromatic nitrogens is 4. The van der Waals surface area contributed by atoms with E-state index in [1.165, 1.54) is 12.3 Å². The molecule has 0 saturated carbocycles. The van der Waals surface area contributed by atoms with Gasteiger partial charge in [-0.2, -0.15) is 5.10 Å². The molecule has 3 N–H and O–H groups in total. The molecule has 0 amide bonds. The number of hydrogen-bond acceptors (Lipinski definition) is 5. The van der Waals surface area contributed by atoms with E-state index >= 15 is 0 Å². The van der Waals surface area contributed by atoms with Crippen LogP contribution < -0.4 is 11.3 Å². The van der Waals surface area contributed by atoms with Gasteiger partial charge < -0.3 is 10.6 Å². The molecule has 0 saturated heterocycles. The number of nitrogens with one attached hydrogen (secondary N) is 1. The molecule has 0 unspecified atom stereocenters. The quantitative estimate of drug-likeness (QED) is 0.553. The summed E-state index contributed by atoms with van der Waals surface area (Å²) in [5, 5.41) is 6.69. The van der Waals surface area contributed by atoms with Crippen molar-refractivity contribution in [3.05, 3.63) is 70.3 Å². The van der Waals surface area contributed by atoms with Crippen LogP contribution >= 0.6 is 0 Å². The topological polar surface area (TPSA) is 92.8 Å². The predicted octanol–water partition coefficient (Wildman–Crippen LogP) is 2.70. The molecule has 9 heteroatoms. The van der Waals surface area contributed by atoms with E-state index in [9.17, 15) is 13.6 Å². The maximum atomic E-state index is 14.4. The van der Waals surface area contributed by atoms with Crippen LogP contribution in [-0.4, -0.2) is 38.7 Å². The van der Waals surface area contributed by atoms with Crippen LogP contribution in [0.15, 0.2) is 47.5 Å². The zero-order valence-corrected chi connectivity index (χ0v) is 15.8. The fourth-order valence-electron chi connectivity index (χ4n) is 3.30. The van der Waals surface area contributed by atoms with Crippen molar-refractivity contribution in [1.82, 2.24) is 24.6 Å². The van der Waals surface area contributed by atoms with Crippen molar-refractivity contribution in [2.45, 2.75) is 6.54 Å². The smallest absolute Gasteiger partial charge is 0.268 e. The summed E-state index contributed by atoms with van der Waals surface area (Å²) in [6.45, 7) is 0.672. The Labute approximate surface area is 164 Å². The van der Waals surface area contributed by atoms with E-state index in [-0.39, 0.29) is 11.2 Å². The van der Waals surface area contributed by atoms with Crippen molar-refractivity contribution in [1.29, 1.82) is 0 Å². The Kier molecular flexibility index (Phi) is 4.59. The normalized spacial score (nSPS) is 11.5. The molecule has 29 heavy (non-hydrogen) atoms. The molecule has 1 aromatic carbocycles. The maximum Gasteiger partial charge on any atom is 0.268 e. The molecular formula is C20H18F2N6O. The molecule has 4 rings (SSSR count). The molecule has 0 aliphatic rings. The van der Waals surface area contributed by atoms with Crippen molar-refractivity contribution in [3.63, 3.8) is 0 Å². The van der Waals surface area contributed by atoms with Gasteiger partial charge in [0.05, 0.1) is 11.2 Å². The van der Waals surface area contributed by atoms with E-state index in [2.05, 4.69) is 15.2 Å². The highest BCUT2D eigenvalue weighted by Crippen LogP contribution is 2.29. The molecule has 3 heterocycles. The second-order valence-corrected chi connectivity index (χ2v) is 6.93. The van der Waals surface area contributed by atoms with E-state index in [4.69, 9.17) is 5.73 Å². The number of nitrogens with two attached hydrogens (primary N) is 1. The van der Waals surface area contributed by atoms with Crippen molar-refractivity contribution in [3.8, 4) is 16.9 Å². The number of rotatable bonds is 4. The van der Waals surface area contributed by atoms with Gasteiger partial charge in [0.15, 0.2) is 5.82 Å². The molecule has 0 bridgehead atoms. The Morgan fingerprint density at radius 2 is 1.93 bits per heavy atom. The predicted molar refractivity (Wildman–Crippen MR) is 107 cm³/mol. The summed E-state index contributed by atoms with van der Waals surface area (Å²) in [5.41, 5.74) is 7.02. The molecule has 0 fully saturated rings. The number of nitrogens with zero attached hydrogens (tertiary/aromatic N) is 4. The van der Waals surface area contributed by atoms with Crippen LogP contribution in [0.1, 0.15) is 5.56 Å². The fraction of sp³-hybridized carbons (Fsp3) is 0.150. The summed E-state index contributed by atoms with van der Waals surface area (Å²) in [7, 11) is 3.88. The monoisotopic (exact) mass is 396 g/mol. The molecule has 0 atom stereocenters. The summed E-state index contributed by atoms with van der Waals surface area (Å²) >= 11 is 0. The third kappa shape index (κ3) is 3.25. The van der Waals surface area contributed by atoms with Crippen LogP contribution in [-0.2, 0) is 6.54 Å². The van der Waals surface area contributed by atoms with Crippen molar-refractivity contribution < 1.29 is 8.78 Å². The Hall–Kier alpha value is -3.59. The van der Waals surface area contributed by atoms with Crippen LogP contribution in [0.25, 0.3) is 27.8 Å². The minimum absolute atomic E-state index is 0.0463. The molecule has 7 nitrogen and oxygen atoms in total. The standard InChI is InChI=1S/C20H18F2N6O/c1-27(2)9-11-6-7-24-15(8-11)12-10-28(18-13(21)4-3-5-14(18)22)20(29)16-17(12)25-26-19(16)23/h3-8,10H,9H2,1-2H3,(H3,23,25,26). The van der Waals surface area contributed by atoms with E-state index in [1.54, 1.807) is 6.20 Å². The second-order valence-electron chi connectivity index (χ2n) is 6.93. The van der Waals surface area contributed by atoms with Gasteiger partial charge in [-0.15, -0.1) is 0 Å². The summed E-state index contributed by atoms with van der Waals surface area (Å²) in [6.07, 6.45) is 2.99. The van der Waals surface area contributed by atoms with Gasteiger partial charge >= 0.3 is 0 Å². The third-order valence-corrected chi connectivity index (χ3v) is 4.53. The number of benzene rings is 1. The molecule has 4 aromatic rings. The lowest BCUT2D eigenvalue weighted by Crippen LogP contribution is -2.21. The van der Waals surface area contributed by atoms with Crippen LogP contribution in [0.3, 0.4) is 0 Å². The maximum absolute atomic E-state index is 14.4. The van der Waals surface area contributed by atoms with Gasteiger partial charge in [0, 0.05) is 24.5 Å². The van der Waals surface area contributed by atoms with Gasteiger partial charge in [-0.1, -0.05) is 6.07 Å². The Morgan fingerprint density at radius 1 is 1.21 bits per heavy atom. The summed E-state index contributed by atoms with van der Waals surface area (Å²) in [4.78, 5) is 19.3. The Bertz CT molecular complexity index is 1260. The molecule has 3 aromatic heterocycles. The molecule has 148 valence electrons. The lowest BCUT2D eigenvalue weighted by Gasteiger charge is -2.13. The average molecular weight is 396 g/mol. The van der Waals surface area contributed by atoms with E-state index in [0.717, 1.165) is 22.3 Å². The highest BCUT2D eigenvalue weighted by Gasteiger charge is 2.20. The van der Waals surface area contributed by atoms with Crippen LogP contribution in [0.4, 0.5) is 14.6 Å². The van der Waals surface area contributed by atoms with Crippen LogP contribution in [0.5, 0.6) is 0 Å². The second kappa shape index (κ2) is 7.10. The largest absolute Gasteiger partial charge is 0.382 e. The number of H-pyrrole nitrogens is 1. The van der Waals surface area contributed by atoms with Gasteiger partial charge in [0.25, 0.3) is 5.56 Å². The molecule has 0 aliphatic heterocycles. The number of anilines is 1. The van der Waals surface area contributed by atoms with Gasteiger partial charge in [-0.25, -0.2) is 8.78 Å². The number of nitrogen functional groups attached to an aromatic ring is 1. The summed E-state index contributed by atoms with van der Waals surface area (Å²) in [5.74, 6) is -1.79. The van der Waals surface area contributed by atoms with Crippen LogP contribution in [0.2, 0.25) is 0 Å². The first kappa shape index (κ1) is 18.8. The first-order valence-electron chi connectivity index (χ1n) is 8.80. The van der Waals surface area contributed by atoms with Crippen molar-refractivity contribution >= 4 is 16.7 Å². The number of hydrogen-bond donors (Lipinski definition) is 2. The van der Waals surface area contributed by atoms with Crippen LogP contribution in [0, 0.1) is 11.6 Å². The van der Waals surface area contributed by atoms with Crippen molar-refractivity contribution in [2.24, 2.45) is 0 Å². The minimum atomic E-state index is -0.867. The highest BCUT2D eigenvalue weighted by molar-refractivity contribution is 5.97. The van der Waals surface area contributed by atoms with E-state index in [1.807, 2.05) is 31.1 Å². The zero-order valence-electron chi connectivity index (χ0n) is 15.8. The average Bonchev–Trinajstić information content (AvgIpc) is 3.05. The third-order valence-electron chi connectivity index (χ3n) is 4.53. The zero-order chi connectivity index (χ0) is 20.7. The molecule has 0 radical (unpaired) electrons. The summed E-state index contributed by atoms with van der Waals surface area (Å²) < 4.78 is 29.7. The van der Waals surface area contributed by atoms with Gasteiger partial charge in [-0.05, 0) is 43.9 Å². The number of aromatic amines is 1. The first-order chi connectivity index (χ1) is 13.9. The van der Waals surface area contributed by atoms with Gasteiger partial charge in [0.1, 0.15) is 22.7 Å². The fourth-order valence-corrected chi connectivity index (χ4v) is 3.30. The van der Waals surface area contributed by atoms with Crippen molar-refractivity contribution in [2.75, 3.05) is 19.8 Å². The SMILES string of the molecule is CN(C)Cc1ccnc(-c2cn(-c3c(F)cccc3F)c(=O)c3c(N)n[nH]c23)c1. The number of pyridine rings is 2. The van der Waals surface area contributed by atoms with Gasteiger partial charge in [-0.3, -0.25) is 19.4 Å². The van der Waals surface area contributed by atoms with E-state index < -0.39 is 22.9 Å². The molecule has 0 spiro atoms. The highest BCUT2D eigenvalue weighted by atomic mass is 19.1. The lowest BCUT2D eigenvalue weighted by atomic mass is 10.1. The number of halogens is 2. The Balaban J connectivity index is 2.04. The Morgan fingerprint density at radius 3 is 2.62 bits per heavy atom. The summed E-state index contributed by atoms with van der Waals surface area (Å²) in [6, 6.07) is 7.12. The first-order valence-corrected chi connectivity index (χ1v) is 8.80. The lowest BCUT2D eigenvalue weighted by molar-refractivity contribution is 0.402. The molecular weight excluding hydrogens is 378 g/mol. The van der Waals surface area contributed by atoms with Gasteiger partial charge in [0.2, 0.25) is 0 Å². The number of fused-ring (bicyclic) bond motifs is 1. The number of para-hydroxylation sites is 1. The minimum Gasteiger partial charge on any atom is -0.382 e. The molecule has 0 aliphatic carbocycles. The van der Waals surface area contributed by atoms with E-state index in [0.29, 0.717) is 23.3 Å².